The molecular weight excluding hydrogens is 295 g/mol. The highest BCUT2D eigenvalue weighted by Crippen LogP contribution is 2.35. The first-order valence-corrected chi connectivity index (χ1v) is 7.34. The van der Waals surface area contributed by atoms with E-state index in [9.17, 15) is 4.39 Å². The van der Waals surface area contributed by atoms with Gasteiger partial charge in [-0.25, -0.2) is 9.82 Å². The van der Waals surface area contributed by atoms with E-state index in [2.05, 4.69) is 5.43 Å². The lowest BCUT2D eigenvalue weighted by atomic mass is 9.97. The molecule has 3 N–H and O–H groups in total. The molecule has 20 heavy (non-hydrogen) atoms. The largest absolute Gasteiger partial charge is 0.271 e. The Morgan fingerprint density at radius 3 is 2.70 bits per heavy atom. The van der Waals surface area contributed by atoms with E-state index >= 15 is 0 Å². The van der Waals surface area contributed by atoms with Crippen LogP contribution >= 0.6 is 22.9 Å². The van der Waals surface area contributed by atoms with Gasteiger partial charge in [0.2, 0.25) is 0 Å². The molecule has 3 aromatic rings. The molecule has 0 aliphatic carbocycles. The second-order valence-electron chi connectivity index (χ2n) is 4.42. The quantitative estimate of drug-likeness (QED) is 0.561. The third kappa shape index (κ3) is 2.21. The van der Waals surface area contributed by atoms with Gasteiger partial charge in [0.1, 0.15) is 5.82 Å². The van der Waals surface area contributed by atoms with Crippen LogP contribution in [0.4, 0.5) is 4.39 Å². The number of fused-ring (bicyclic) bond motifs is 1. The van der Waals surface area contributed by atoms with E-state index < -0.39 is 6.04 Å². The number of halogens is 2. The van der Waals surface area contributed by atoms with Gasteiger partial charge in [-0.05, 0) is 34.5 Å². The van der Waals surface area contributed by atoms with Crippen LogP contribution in [0.5, 0.6) is 0 Å². The Kier molecular flexibility index (Phi) is 3.72. The summed E-state index contributed by atoms with van der Waals surface area (Å²) in [6.07, 6.45) is 0. The average Bonchev–Trinajstić information content (AvgIpc) is 2.91. The van der Waals surface area contributed by atoms with Gasteiger partial charge in [-0.15, -0.1) is 11.3 Å². The smallest absolute Gasteiger partial charge is 0.129 e. The van der Waals surface area contributed by atoms with Crippen molar-refractivity contribution in [3.05, 3.63) is 69.8 Å². The molecule has 102 valence electrons. The molecule has 0 saturated carbocycles. The van der Waals surface area contributed by atoms with Crippen molar-refractivity contribution in [3.8, 4) is 0 Å². The molecule has 0 aliphatic heterocycles. The summed E-state index contributed by atoms with van der Waals surface area (Å²) in [5.74, 6) is 5.30. The SMILES string of the molecule is NNC(c1c(F)cccc1Cl)c1cccc2ccsc12. The van der Waals surface area contributed by atoms with Crippen molar-refractivity contribution in [1.29, 1.82) is 0 Å². The van der Waals surface area contributed by atoms with Crippen LogP contribution in [0.15, 0.2) is 47.8 Å². The van der Waals surface area contributed by atoms with Crippen molar-refractivity contribution in [2.75, 3.05) is 0 Å². The van der Waals surface area contributed by atoms with E-state index in [4.69, 9.17) is 17.4 Å². The van der Waals surface area contributed by atoms with Gasteiger partial charge in [-0.2, -0.15) is 0 Å². The molecule has 0 spiro atoms. The maximum atomic E-state index is 14.1. The normalized spacial score (nSPS) is 12.8. The maximum Gasteiger partial charge on any atom is 0.129 e. The van der Waals surface area contributed by atoms with Crippen molar-refractivity contribution in [3.63, 3.8) is 0 Å². The summed E-state index contributed by atoms with van der Waals surface area (Å²) in [7, 11) is 0. The highest BCUT2D eigenvalue weighted by atomic mass is 35.5. The summed E-state index contributed by atoms with van der Waals surface area (Å²) in [6, 6.07) is 12.1. The fourth-order valence-corrected chi connectivity index (χ4v) is 3.58. The molecule has 0 radical (unpaired) electrons. The summed E-state index contributed by atoms with van der Waals surface area (Å²) in [5.41, 5.74) is 3.98. The summed E-state index contributed by atoms with van der Waals surface area (Å²) in [6.45, 7) is 0. The minimum Gasteiger partial charge on any atom is -0.271 e. The summed E-state index contributed by atoms with van der Waals surface area (Å²) in [5, 5.41) is 3.48. The Balaban J connectivity index is 2.22. The van der Waals surface area contributed by atoms with Crippen molar-refractivity contribution < 1.29 is 4.39 Å². The monoisotopic (exact) mass is 306 g/mol. The molecule has 1 aromatic heterocycles. The lowest BCUT2D eigenvalue weighted by Crippen LogP contribution is -2.29. The van der Waals surface area contributed by atoms with Crippen LogP contribution in [0.1, 0.15) is 17.2 Å². The standard InChI is InChI=1S/C15H12ClFN2S/c16-11-5-2-6-12(17)13(11)14(19-18)10-4-1-3-9-7-8-20-15(9)10/h1-8,14,19H,18H2. The number of nitrogens with two attached hydrogens (primary N) is 1. The third-order valence-electron chi connectivity index (χ3n) is 3.28. The fourth-order valence-electron chi connectivity index (χ4n) is 2.36. The third-order valence-corrected chi connectivity index (χ3v) is 4.58. The Morgan fingerprint density at radius 1 is 1.15 bits per heavy atom. The molecule has 1 heterocycles. The minimum absolute atomic E-state index is 0.363. The molecule has 2 aromatic carbocycles. The molecule has 0 amide bonds. The van der Waals surface area contributed by atoms with E-state index in [-0.39, 0.29) is 5.82 Å². The molecule has 1 atom stereocenters. The molecule has 0 bridgehead atoms. The number of nitrogens with one attached hydrogen (secondary N) is 1. The van der Waals surface area contributed by atoms with Crippen LogP contribution in [0.25, 0.3) is 10.1 Å². The van der Waals surface area contributed by atoms with Gasteiger partial charge >= 0.3 is 0 Å². The number of benzene rings is 2. The lowest BCUT2D eigenvalue weighted by molar-refractivity contribution is 0.562. The van der Waals surface area contributed by atoms with E-state index in [0.717, 1.165) is 15.6 Å². The molecular formula is C15H12ClFN2S. The number of hydrogen-bond donors (Lipinski definition) is 2. The predicted octanol–water partition coefficient (Wildman–Crippen LogP) is 4.25. The van der Waals surface area contributed by atoms with Gasteiger partial charge < -0.3 is 0 Å². The molecule has 0 saturated heterocycles. The van der Waals surface area contributed by atoms with Crippen LogP contribution < -0.4 is 11.3 Å². The minimum atomic E-state index is -0.481. The van der Waals surface area contributed by atoms with Crippen LogP contribution in [0.2, 0.25) is 5.02 Å². The van der Waals surface area contributed by atoms with Gasteiger partial charge in [0, 0.05) is 15.3 Å². The lowest BCUT2D eigenvalue weighted by Gasteiger charge is -2.19. The van der Waals surface area contributed by atoms with Crippen LogP contribution in [0.3, 0.4) is 0 Å². The maximum absolute atomic E-state index is 14.1. The number of rotatable bonds is 3. The zero-order chi connectivity index (χ0) is 14.1. The zero-order valence-corrected chi connectivity index (χ0v) is 12.0. The van der Waals surface area contributed by atoms with E-state index in [1.54, 1.807) is 23.5 Å². The number of hydrazine groups is 1. The van der Waals surface area contributed by atoms with E-state index in [0.29, 0.717) is 10.6 Å². The van der Waals surface area contributed by atoms with Gasteiger partial charge in [0.05, 0.1) is 6.04 Å². The van der Waals surface area contributed by atoms with Crippen molar-refractivity contribution in [2.45, 2.75) is 6.04 Å². The van der Waals surface area contributed by atoms with Crippen LogP contribution in [-0.4, -0.2) is 0 Å². The first-order chi connectivity index (χ1) is 9.72. The first-order valence-electron chi connectivity index (χ1n) is 6.08. The number of hydrogen-bond acceptors (Lipinski definition) is 3. The zero-order valence-electron chi connectivity index (χ0n) is 10.4. The predicted molar refractivity (Wildman–Crippen MR) is 82.4 cm³/mol. The molecule has 3 rings (SSSR count). The van der Waals surface area contributed by atoms with Gasteiger partial charge in [0.25, 0.3) is 0 Å². The molecule has 0 aliphatic rings. The van der Waals surface area contributed by atoms with Crippen molar-refractivity contribution in [2.24, 2.45) is 5.84 Å². The highest BCUT2D eigenvalue weighted by molar-refractivity contribution is 7.17. The second kappa shape index (κ2) is 5.50. The molecule has 2 nitrogen and oxygen atoms in total. The van der Waals surface area contributed by atoms with E-state index in [1.165, 1.54) is 6.07 Å². The molecule has 0 fully saturated rings. The Hall–Kier alpha value is -1.46. The van der Waals surface area contributed by atoms with Gasteiger partial charge in [0.15, 0.2) is 0 Å². The van der Waals surface area contributed by atoms with E-state index in [1.807, 2.05) is 29.6 Å². The Bertz CT molecular complexity index is 736. The van der Waals surface area contributed by atoms with Gasteiger partial charge in [-0.3, -0.25) is 5.84 Å². The van der Waals surface area contributed by atoms with Crippen LogP contribution in [0, 0.1) is 5.82 Å². The summed E-state index contributed by atoms with van der Waals surface area (Å²) < 4.78 is 15.2. The average molecular weight is 307 g/mol. The fraction of sp³-hybridized carbons (Fsp3) is 0.0667. The summed E-state index contributed by atoms with van der Waals surface area (Å²) >= 11 is 7.75. The highest BCUT2D eigenvalue weighted by Gasteiger charge is 2.21. The Labute approximate surface area is 125 Å². The van der Waals surface area contributed by atoms with Crippen molar-refractivity contribution >= 4 is 33.0 Å². The van der Waals surface area contributed by atoms with Crippen molar-refractivity contribution in [1.82, 2.24) is 5.43 Å². The first kappa shape index (κ1) is 13.5. The second-order valence-corrected chi connectivity index (χ2v) is 5.74. The molecule has 5 heteroatoms. The topological polar surface area (TPSA) is 38.0 Å². The van der Waals surface area contributed by atoms with Gasteiger partial charge in [-0.1, -0.05) is 35.9 Å². The number of thiophene rings is 1. The molecule has 1 unspecified atom stereocenters. The summed E-state index contributed by atoms with van der Waals surface area (Å²) in [4.78, 5) is 0. The van der Waals surface area contributed by atoms with Crippen LogP contribution in [-0.2, 0) is 0 Å². The Morgan fingerprint density at radius 2 is 1.95 bits per heavy atom.